The van der Waals surface area contributed by atoms with Crippen molar-refractivity contribution in [2.45, 2.75) is 31.3 Å². The van der Waals surface area contributed by atoms with Gasteiger partial charge in [0.05, 0.1) is 6.54 Å². The van der Waals surface area contributed by atoms with Crippen LogP contribution in [0.25, 0.3) is 0 Å². The van der Waals surface area contributed by atoms with Crippen LogP contribution in [-0.2, 0) is 15.6 Å². The van der Waals surface area contributed by atoms with E-state index in [-0.39, 0.29) is 42.0 Å². The van der Waals surface area contributed by atoms with Gasteiger partial charge in [-0.2, -0.15) is 0 Å². The van der Waals surface area contributed by atoms with Crippen LogP contribution in [0.15, 0.2) is 51.0 Å². The number of aliphatic hydroxyl groups is 1. The number of nitrogens with one attached hydrogen (secondary N) is 3. The lowest BCUT2D eigenvalue weighted by Gasteiger charge is -2.19. The van der Waals surface area contributed by atoms with E-state index < -0.39 is 15.6 Å². The Hall–Kier alpha value is -1.70. The fraction of sp³-hybridized carbons (Fsp3) is 0.444. The highest BCUT2D eigenvalue weighted by Crippen LogP contribution is 2.22. The molecule has 29 heavy (non-hydrogen) atoms. The summed E-state index contributed by atoms with van der Waals surface area (Å²) >= 11 is 0. The molecule has 0 fully saturated rings. The third kappa shape index (κ3) is 7.91. The molecule has 162 valence electrons. The molecule has 1 atom stereocenters. The average Bonchev–Trinajstić information content (AvgIpc) is 3.11. The molecule has 0 aliphatic rings. The van der Waals surface area contributed by atoms with Gasteiger partial charge in [0.1, 0.15) is 22.0 Å². The molecule has 2 aromatic rings. The second-order valence-corrected chi connectivity index (χ2v) is 8.16. The van der Waals surface area contributed by atoms with Crippen molar-refractivity contribution in [3.05, 3.63) is 48.2 Å². The number of hydrogen-bond acceptors (Lipinski definition) is 6. The van der Waals surface area contributed by atoms with Gasteiger partial charge in [-0.15, -0.1) is 24.0 Å². The minimum atomic E-state index is -3.60. The smallest absolute Gasteiger partial charge is 0.242 e. The van der Waals surface area contributed by atoms with Crippen molar-refractivity contribution in [2.24, 2.45) is 4.99 Å². The Labute approximate surface area is 188 Å². The van der Waals surface area contributed by atoms with Crippen LogP contribution in [0.1, 0.15) is 25.4 Å². The van der Waals surface area contributed by atoms with Crippen LogP contribution in [0.4, 0.5) is 0 Å². The maximum absolute atomic E-state index is 12.2. The second-order valence-electron chi connectivity index (χ2n) is 6.39. The minimum absolute atomic E-state index is 0. The summed E-state index contributed by atoms with van der Waals surface area (Å²) in [6.45, 7) is 6.52. The Bertz CT molecular complexity index is 885. The van der Waals surface area contributed by atoms with Crippen LogP contribution in [0.3, 0.4) is 0 Å². The maximum atomic E-state index is 12.2. The molecule has 0 spiro atoms. The van der Waals surface area contributed by atoms with E-state index in [1.165, 1.54) is 18.5 Å². The molecule has 2 rings (SSSR count). The molecule has 1 unspecified atom stereocenters. The number of sulfonamides is 1. The van der Waals surface area contributed by atoms with Crippen molar-refractivity contribution in [3.63, 3.8) is 0 Å². The molecule has 0 aromatic carbocycles. The summed E-state index contributed by atoms with van der Waals surface area (Å²) in [5.41, 5.74) is -1.25. The van der Waals surface area contributed by atoms with Crippen LogP contribution in [-0.4, -0.2) is 50.6 Å². The Morgan fingerprint density at radius 2 is 2.03 bits per heavy atom. The van der Waals surface area contributed by atoms with Crippen molar-refractivity contribution >= 4 is 40.0 Å². The highest BCUT2D eigenvalue weighted by Gasteiger charge is 2.26. The summed E-state index contributed by atoms with van der Waals surface area (Å²) < 4.78 is 32.3. The van der Waals surface area contributed by atoms with Gasteiger partial charge in [0.2, 0.25) is 10.0 Å². The van der Waals surface area contributed by atoms with Gasteiger partial charge in [0.25, 0.3) is 0 Å². The molecule has 0 bridgehead atoms. The van der Waals surface area contributed by atoms with Crippen LogP contribution >= 0.6 is 24.0 Å². The quantitative estimate of drug-likeness (QED) is 0.165. The number of aliphatic imine (C=N–C) groups is 1. The molecule has 11 heteroatoms. The Morgan fingerprint density at radius 3 is 2.62 bits per heavy atom. The third-order valence-corrected chi connectivity index (χ3v) is 5.26. The highest BCUT2D eigenvalue weighted by molar-refractivity contribution is 14.0. The number of furan rings is 1. The van der Waals surface area contributed by atoms with Gasteiger partial charge in [0, 0.05) is 32.0 Å². The van der Waals surface area contributed by atoms with Crippen molar-refractivity contribution in [1.29, 1.82) is 0 Å². The van der Waals surface area contributed by atoms with Gasteiger partial charge in [0.15, 0.2) is 5.96 Å². The monoisotopic (exact) mass is 537 g/mol. The number of pyridine rings is 1. The van der Waals surface area contributed by atoms with Crippen LogP contribution in [0, 0.1) is 6.92 Å². The predicted octanol–water partition coefficient (Wildman–Crippen LogP) is 1.34. The van der Waals surface area contributed by atoms with E-state index in [9.17, 15) is 13.5 Å². The van der Waals surface area contributed by atoms with Gasteiger partial charge in [-0.3, -0.25) is 4.98 Å². The van der Waals surface area contributed by atoms with E-state index in [1.807, 2.05) is 6.92 Å². The van der Waals surface area contributed by atoms with Gasteiger partial charge in [-0.05, 0) is 45.0 Å². The van der Waals surface area contributed by atoms with Gasteiger partial charge < -0.3 is 20.2 Å². The molecule has 0 aliphatic heterocycles. The average molecular weight is 537 g/mol. The molecular weight excluding hydrogens is 509 g/mol. The Kier molecular flexibility index (Phi) is 10.0. The molecule has 0 saturated carbocycles. The van der Waals surface area contributed by atoms with Crippen molar-refractivity contribution < 1.29 is 17.9 Å². The maximum Gasteiger partial charge on any atom is 0.242 e. The zero-order chi connectivity index (χ0) is 20.6. The minimum Gasteiger partial charge on any atom is -0.463 e. The lowest BCUT2D eigenvalue weighted by atomic mass is 10.0. The number of nitrogens with zero attached hydrogens (tertiary/aromatic N) is 2. The fourth-order valence-electron chi connectivity index (χ4n) is 2.33. The zero-order valence-electron chi connectivity index (χ0n) is 16.7. The molecule has 0 saturated heterocycles. The molecule has 0 radical (unpaired) electrons. The predicted molar refractivity (Wildman–Crippen MR) is 122 cm³/mol. The van der Waals surface area contributed by atoms with E-state index in [0.717, 1.165) is 0 Å². The topological polar surface area (TPSA) is 129 Å². The van der Waals surface area contributed by atoms with Crippen molar-refractivity contribution in [3.8, 4) is 0 Å². The number of rotatable bonds is 9. The summed E-state index contributed by atoms with van der Waals surface area (Å²) in [6, 6.07) is 6.55. The van der Waals surface area contributed by atoms with E-state index in [2.05, 4.69) is 25.3 Å². The molecule has 2 aromatic heterocycles. The lowest BCUT2D eigenvalue weighted by molar-refractivity contribution is 0.0428. The first-order chi connectivity index (χ1) is 13.2. The molecule has 0 amide bonds. The zero-order valence-corrected chi connectivity index (χ0v) is 19.8. The number of halogens is 1. The first kappa shape index (κ1) is 25.3. The molecule has 2 heterocycles. The van der Waals surface area contributed by atoms with Gasteiger partial charge >= 0.3 is 0 Å². The SMILES string of the molecule is CCNC(=NCC(C)(O)c1ccc(C)o1)NCCNS(=O)(=O)c1cccnc1.I. The van der Waals surface area contributed by atoms with Crippen LogP contribution < -0.4 is 15.4 Å². The lowest BCUT2D eigenvalue weighted by Crippen LogP contribution is -2.42. The van der Waals surface area contributed by atoms with E-state index in [0.29, 0.717) is 30.6 Å². The molecule has 0 aliphatic carbocycles. The van der Waals surface area contributed by atoms with Crippen molar-refractivity contribution in [1.82, 2.24) is 20.3 Å². The summed E-state index contributed by atoms with van der Waals surface area (Å²) in [4.78, 5) is 8.28. The van der Waals surface area contributed by atoms with Crippen molar-refractivity contribution in [2.75, 3.05) is 26.2 Å². The van der Waals surface area contributed by atoms with Crippen LogP contribution in [0.2, 0.25) is 0 Å². The number of guanidine groups is 1. The van der Waals surface area contributed by atoms with Gasteiger partial charge in [-0.1, -0.05) is 0 Å². The number of aromatic nitrogens is 1. The van der Waals surface area contributed by atoms with E-state index in [4.69, 9.17) is 4.42 Å². The molecule has 4 N–H and O–H groups in total. The molecular formula is C18H28IN5O4S. The Balaban J connectivity index is 0.00000420. The highest BCUT2D eigenvalue weighted by atomic mass is 127. The summed E-state index contributed by atoms with van der Waals surface area (Å²) in [5, 5.41) is 16.6. The number of hydrogen-bond donors (Lipinski definition) is 4. The first-order valence-corrected chi connectivity index (χ1v) is 10.4. The van der Waals surface area contributed by atoms with E-state index in [1.54, 1.807) is 32.0 Å². The standard InChI is InChI=1S/C18H27N5O4S.HI/c1-4-20-17(22-13-18(3,24)16-8-7-14(2)27-16)21-10-11-23-28(25,26)15-6-5-9-19-12-15;/h5-9,12,23-24H,4,10-11,13H2,1-3H3,(H2,20,21,22);1H. The molecule has 9 nitrogen and oxygen atoms in total. The Morgan fingerprint density at radius 1 is 1.28 bits per heavy atom. The fourth-order valence-corrected chi connectivity index (χ4v) is 3.33. The van der Waals surface area contributed by atoms with E-state index >= 15 is 0 Å². The normalized spacial score (nSPS) is 14.0. The number of aryl methyl sites for hydroxylation is 1. The van der Waals surface area contributed by atoms with Crippen LogP contribution in [0.5, 0.6) is 0 Å². The second kappa shape index (κ2) is 11.5. The third-order valence-electron chi connectivity index (χ3n) is 3.81. The largest absolute Gasteiger partial charge is 0.463 e. The summed E-state index contributed by atoms with van der Waals surface area (Å²) in [7, 11) is -3.60. The summed E-state index contributed by atoms with van der Waals surface area (Å²) in [6.07, 6.45) is 2.80. The first-order valence-electron chi connectivity index (χ1n) is 8.96. The summed E-state index contributed by atoms with van der Waals surface area (Å²) in [5.74, 6) is 1.62. The van der Waals surface area contributed by atoms with Gasteiger partial charge in [-0.25, -0.2) is 18.1 Å².